The molecule has 6 heteroatoms. The molecule has 0 saturated carbocycles. The minimum Gasteiger partial charge on any atom is -0.455 e. The van der Waals surface area contributed by atoms with Gasteiger partial charge in [-0.2, -0.15) is 0 Å². The zero-order valence-electron chi connectivity index (χ0n) is 15.6. The zero-order valence-corrected chi connectivity index (χ0v) is 15.6. The quantitative estimate of drug-likeness (QED) is 0.656. The first-order valence-electron chi connectivity index (χ1n) is 8.84. The molecule has 142 valence electrons. The summed E-state index contributed by atoms with van der Waals surface area (Å²) in [4.78, 5) is 14.2. The summed E-state index contributed by atoms with van der Waals surface area (Å²) in [6.45, 7) is 6.45. The second-order valence-corrected chi connectivity index (χ2v) is 6.50. The first-order chi connectivity index (χ1) is 12.5. The van der Waals surface area contributed by atoms with Gasteiger partial charge >= 0.3 is 0 Å². The van der Waals surface area contributed by atoms with Crippen molar-refractivity contribution in [1.82, 2.24) is 10.2 Å². The molecule has 2 rings (SSSR count). The largest absolute Gasteiger partial charge is 0.455 e. The van der Waals surface area contributed by atoms with Gasteiger partial charge in [-0.1, -0.05) is 12.1 Å². The van der Waals surface area contributed by atoms with Crippen LogP contribution in [0.15, 0.2) is 40.8 Å². The number of methoxy groups -OCH3 is 1. The molecule has 1 heterocycles. The van der Waals surface area contributed by atoms with Crippen LogP contribution in [-0.4, -0.2) is 37.1 Å². The van der Waals surface area contributed by atoms with Gasteiger partial charge in [-0.3, -0.25) is 9.69 Å². The van der Waals surface area contributed by atoms with E-state index in [1.807, 2.05) is 12.1 Å². The van der Waals surface area contributed by atoms with E-state index in [9.17, 15) is 9.18 Å². The van der Waals surface area contributed by atoms with E-state index >= 15 is 0 Å². The molecule has 26 heavy (non-hydrogen) atoms. The van der Waals surface area contributed by atoms with Crippen molar-refractivity contribution in [2.45, 2.75) is 39.4 Å². The number of carbonyl (C=O) groups is 1. The molecule has 0 fully saturated rings. The highest BCUT2D eigenvalue weighted by Gasteiger charge is 2.16. The Kier molecular flexibility index (Phi) is 7.81. The number of amides is 1. The fourth-order valence-electron chi connectivity index (χ4n) is 2.58. The summed E-state index contributed by atoms with van der Waals surface area (Å²) in [5.41, 5.74) is 0.904. The van der Waals surface area contributed by atoms with E-state index in [2.05, 4.69) is 24.1 Å². The smallest absolute Gasteiger partial charge is 0.286 e. The Bertz CT molecular complexity index is 700. The fourth-order valence-corrected chi connectivity index (χ4v) is 2.58. The van der Waals surface area contributed by atoms with Gasteiger partial charge in [0.25, 0.3) is 5.91 Å². The van der Waals surface area contributed by atoms with Gasteiger partial charge in [-0.05, 0) is 50.1 Å². The zero-order chi connectivity index (χ0) is 18.9. The number of benzene rings is 1. The third-order valence-corrected chi connectivity index (χ3v) is 4.06. The lowest BCUT2D eigenvalue weighted by Gasteiger charge is -2.25. The Hall–Kier alpha value is -2.18. The summed E-state index contributed by atoms with van der Waals surface area (Å²) in [7, 11) is 1.63. The van der Waals surface area contributed by atoms with Crippen molar-refractivity contribution in [2.75, 3.05) is 20.3 Å². The highest BCUT2D eigenvalue weighted by molar-refractivity contribution is 5.91. The fraction of sp³-hybridized carbons (Fsp3) is 0.450. The van der Waals surface area contributed by atoms with Crippen LogP contribution in [0.2, 0.25) is 0 Å². The van der Waals surface area contributed by atoms with Gasteiger partial charge in [-0.25, -0.2) is 4.39 Å². The highest BCUT2D eigenvalue weighted by atomic mass is 19.1. The number of halogens is 1. The predicted octanol–water partition coefficient (Wildman–Crippen LogP) is 3.60. The minimum atomic E-state index is -0.239. The standard InChI is InChI=1S/C20H27FN2O3/c1-15(2)23(13-16-6-4-7-17(21)12-16)14-18-8-9-19(26-18)20(24)22-10-5-11-25-3/h4,6-9,12,15H,5,10-11,13-14H2,1-3H3,(H,22,24). The molecular formula is C20H27FN2O3. The number of hydrogen-bond donors (Lipinski definition) is 1. The van der Waals surface area contributed by atoms with E-state index in [1.165, 1.54) is 12.1 Å². The molecular weight excluding hydrogens is 335 g/mol. The third-order valence-electron chi connectivity index (χ3n) is 4.06. The van der Waals surface area contributed by atoms with E-state index in [4.69, 9.17) is 9.15 Å². The molecule has 0 aliphatic carbocycles. The van der Waals surface area contributed by atoms with E-state index in [-0.39, 0.29) is 17.8 Å². The Morgan fingerprint density at radius 1 is 1.27 bits per heavy atom. The number of nitrogens with zero attached hydrogens (tertiary/aromatic N) is 1. The van der Waals surface area contributed by atoms with E-state index in [1.54, 1.807) is 19.2 Å². The maximum Gasteiger partial charge on any atom is 0.286 e. The Morgan fingerprint density at radius 3 is 2.77 bits per heavy atom. The average Bonchev–Trinajstić information content (AvgIpc) is 3.07. The summed E-state index contributed by atoms with van der Waals surface area (Å²) >= 11 is 0. The van der Waals surface area contributed by atoms with Crippen molar-refractivity contribution in [2.24, 2.45) is 0 Å². The first kappa shape index (κ1) is 20.1. The molecule has 0 atom stereocenters. The Balaban J connectivity index is 1.95. The van der Waals surface area contributed by atoms with Gasteiger partial charge in [0.15, 0.2) is 5.76 Å². The number of nitrogens with one attached hydrogen (secondary N) is 1. The van der Waals surface area contributed by atoms with E-state index in [0.717, 1.165) is 12.0 Å². The van der Waals surface area contributed by atoms with Crippen LogP contribution in [0.4, 0.5) is 4.39 Å². The van der Waals surface area contributed by atoms with Crippen molar-refractivity contribution in [3.05, 3.63) is 59.3 Å². The monoisotopic (exact) mass is 362 g/mol. The topological polar surface area (TPSA) is 54.7 Å². The van der Waals surface area contributed by atoms with Crippen molar-refractivity contribution < 1.29 is 18.3 Å². The maximum atomic E-state index is 13.4. The van der Waals surface area contributed by atoms with Crippen molar-refractivity contribution in [3.63, 3.8) is 0 Å². The van der Waals surface area contributed by atoms with Crippen LogP contribution >= 0.6 is 0 Å². The van der Waals surface area contributed by atoms with Gasteiger partial charge < -0.3 is 14.5 Å². The third kappa shape index (κ3) is 6.28. The van der Waals surface area contributed by atoms with Gasteiger partial charge in [0, 0.05) is 32.8 Å². The second kappa shape index (κ2) is 10.1. The number of ether oxygens (including phenoxy) is 1. The maximum absolute atomic E-state index is 13.4. The van der Waals surface area contributed by atoms with Crippen LogP contribution in [0.5, 0.6) is 0 Å². The van der Waals surface area contributed by atoms with Gasteiger partial charge in [0.2, 0.25) is 0 Å². The SMILES string of the molecule is COCCCNC(=O)c1ccc(CN(Cc2cccc(F)c2)C(C)C)o1. The number of carbonyl (C=O) groups excluding carboxylic acids is 1. The lowest BCUT2D eigenvalue weighted by molar-refractivity contribution is 0.0915. The van der Waals surface area contributed by atoms with Gasteiger partial charge in [0.05, 0.1) is 6.54 Å². The molecule has 1 aromatic heterocycles. The normalized spacial score (nSPS) is 11.3. The van der Waals surface area contributed by atoms with Crippen LogP contribution in [0.1, 0.15) is 42.1 Å². The minimum absolute atomic E-state index is 0.228. The molecule has 1 N–H and O–H groups in total. The van der Waals surface area contributed by atoms with Gasteiger partial charge in [0.1, 0.15) is 11.6 Å². The predicted molar refractivity (Wildman–Crippen MR) is 98.3 cm³/mol. The number of furan rings is 1. The van der Waals surface area contributed by atoms with Crippen LogP contribution in [0.25, 0.3) is 0 Å². The summed E-state index contributed by atoms with van der Waals surface area (Å²) in [5.74, 6) is 0.536. The van der Waals surface area contributed by atoms with E-state index in [0.29, 0.717) is 37.8 Å². The first-order valence-corrected chi connectivity index (χ1v) is 8.84. The van der Waals surface area contributed by atoms with Gasteiger partial charge in [-0.15, -0.1) is 0 Å². The van der Waals surface area contributed by atoms with Crippen LogP contribution in [0.3, 0.4) is 0 Å². The molecule has 5 nitrogen and oxygen atoms in total. The molecule has 2 aromatic rings. The molecule has 0 aliphatic heterocycles. The molecule has 1 aromatic carbocycles. The molecule has 0 aliphatic rings. The van der Waals surface area contributed by atoms with Crippen molar-refractivity contribution >= 4 is 5.91 Å². The lowest BCUT2D eigenvalue weighted by atomic mass is 10.2. The molecule has 1 amide bonds. The van der Waals surface area contributed by atoms with Crippen LogP contribution in [0, 0.1) is 5.82 Å². The van der Waals surface area contributed by atoms with Crippen LogP contribution < -0.4 is 5.32 Å². The molecule has 0 unspecified atom stereocenters. The summed E-state index contributed by atoms with van der Waals surface area (Å²) in [6.07, 6.45) is 0.755. The molecule has 0 radical (unpaired) electrons. The van der Waals surface area contributed by atoms with E-state index < -0.39 is 0 Å². The Labute approximate surface area is 154 Å². The summed E-state index contributed by atoms with van der Waals surface area (Å²) in [5, 5.41) is 2.80. The second-order valence-electron chi connectivity index (χ2n) is 6.50. The number of rotatable bonds is 10. The Morgan fingerprint density at radius 2 is 2.08 bits per heavy atom. The molecule has 0 spiro atoms. The summed E-state index contributed by atoms with van der Waals surface area (Å²) in [6, 6.07) is 10.3. The summed E-state index contributed by atoms with van der Waals surface area (Å²) < 4.78 is 24.0. The van der Waals surface area contributed by atoms with Crippen LogP contribution in [-0.2, 0) is 17.8 Å². The van der Waals surface area contributed by atoms with Crippen molar-refractivity contribution in [1.29, 1.82) is 0 Å². The molecule has 0 bridgehead atoms. The number of hydrogen-bond acceptors (Lipinski definition) is 4. The average molecular weight is 362 g/mol. The highest BCUT2D eigenvalue weighted by Crippen LogP contribution is 2.16. The molecule has 0 saturated heterocycles. The van der Waals surface area contributed by atoms with Crippen molar-refractivity contribution in [3.8, 4) is 0 Å². The lowest BCUT2D eigenvalue weighted by Crippen LogP contribution is -2.29.